The Morgan fingerprint density at radius 2 is 1.71 bits per heavy atom. The van der Waals surface area contributed by atoms with Crippen molar-refractivity contribution < 1.29 is 8.42 Å². The molecule has 1 aliphatic heterocycles. The van der Waals surface area contributed by atoms with Crippen LogP contribution in [0, 0.1) is 0 Å². The molecule has 1 aromatic heterocycles. The SMILES string of the molecule is CS(=O)(=O)c1cccc(-c2ccc3nc4n(c3c2)C(c2ccccc2)CC4)c1. The van der Waals surface area contributed by atoms with Crippen molar-refractivity contribution >= 4 is 20.9 Å². The van der Waals surface area contributed by atoms with Gasteiger partial charge in [0.2, 0.25) is 0 Å². The van der Waals surface area contributed by atoms with Crippen LogP contribution in [0.4, 0.5) is 0 Å². The van der Waals surface area contributed by atoms with E-state index in [1.165, 1.54) is 11.8 Å². The molecule has 0 bridgehead atoms. The van der Waals surface area contributed by atoms with Gasteiger partial charge in [-0.1, -0.05) is 48.5 Å². The third kappa shape index (κ3) is 2.83. The van der Waals surface area contributed by atoms with Crippen molar-refractivity contribution in [2.24, 2.45) is 0 Å². The molecule has 140 valence electrons. The quantitative estimate of drug-likeness (QED) is 0.514. The third-order valence-electron chi connectivity index (χ3n) is 5.50. The van der Waals surface area contributed by atoms with Gasteiger partial charge >= 0.3 is 0 Å². The first-order valence-corrected chi connectivity index (χ1v) is 11.3. The number of aryl methyl sites for hydroxylation is 1. The predicted molar refractivity (Wildman–Crippen MR) is 111 cm³/mol. The lowest BCUT2D eigenvalue weighted by molar-refractivity contribution is 0.602. The van der Waals surface area contributed by atoms with Crippen LogP contribution in [-0.2, 0) is 16.3 Å². The minimum Gasteiger partial charge on any atom is -0.320 e. The van der Waals surface area contributed by atoms with Gasteiger partial charge in [-0.3, -0.25) is 0 Å². The molecule has 5 rings (SSSR count). The zero-order valence-electron chi connectivity index (χ0n) is 15.5. The van der Waals surface area contributed by atoms with Crippen LogP contribution in [0.2, 0.25) is 0 Å². The Bertz CT molecular complexity index is 1290. The van der Waals surface area contributed by atoms with E-state index < -0.39 is 9.84 Å². The Hall–Kier alpha value is -2.92. The smallest absolute Gasteiger partial charge is 0.175 e. The summed E-state index contributed by atoms with van der Waals surface area (Å²) in [7, 11) is -3.24. The van der Waals surface area contributed by atoms with E-state index in [1.54, 1.807) is 18.2 Å². The number of hydrogen-bond donors (Lipinski definition) is 0. The molecule has 2 heterocycles. The maximum atomic E-state index is 11.9. The van der Waals surface area contributed by atoms with Crippen LogP contribution in [0.25, 0.3) is 22.2 Å². The summed E-state index contributed by atoms with van der Waals surface area (Å²) in [6.07, 6.45) is 3.26. The standard InChI is InChI=1S/C23H20N2O2S/c1-28(26,27)19-9-5-8-17(14-19)18-10-11-20-22(15-18)25-21(12-13-23(25)24-20)16-6-3-2-4-7-16/h2-11,14-15,21H,12-13H2,1H3. The Morgan fingerprint density at radius 1 is 0.929 bits per heavy atom. The van der Waals surface area contributed by atoms with Gasteiger partial charge in [0.15, 0.2) is 9.84 Å². The van der Waals surface area contributed by atoms with Gasteiger partial charge in [0, 0.05) is 12.7 Å². The number of aromatic nitrogens is 2. The summed E-state index contributed by atoms with van der Waals surface area (Å²) >= 11 is 0. The summed E-state index contributed by atoms with van der Waals surface area (Å²) < 4.78 is 26.2. The lowest BCUT2D eigenvalue weighted by Crippen LogP contribution is -2.05. The fourth-order valence-corrected chi connectivity index (χ4v) is 4.81. The van der Waals surface area contributed by atoms with Gasteiger partial charge in [0.05, 0.1) is 22.0 Å². The van der Waals surface area contributed by atoms with E-state index >= 15 is 0 Å². The number of rotatable bonds is 3. The van der Waals surface area contributed by atoms with Gasteiger partial charge < -0.3 is 4.57 Å². The molecule has 1 unspecified atom stereocenters. The summed E-state index contributed by atoms with van der Waals surface area (Å²) in [4.78, 5) is 5.17. The maximum absolute atomic E-state index is 11.9. The van der Waals surface area contributed by atoms with Gasteiger partial charge in [-0.2, -0.15) is 0 Å². The van der Waals surface area contributed by atoms with Crippen molar-refractivity contribution in [3.8, 4) is 11.1 Å². The molecule has 3 aromatic carbocycles. The van der Waals surface area contributed by atoms with Crippen molar-refractivity contribution in [3.05, 3.63) is 84.2 Å². The second-order valence-corrected chi connectivity index (χ2v) is 9.38. The highest BCUT2D eigenvalue weighted by atomic mass is 32.2. The molecule has 0 N–H and O–H groups in total. The Labute approximate surface area is 164 Å². The van der Waals surface area contributed by atoms with E-state index in [4.69, 9.17) is 4.98 Å². The average molecular weight is 388 g/mol. The van der Waals surface area contributed by atoms with E-state index in [9.17, 15) is 8.42 Å². The van der Waals surface area contributed by atoms with Crippen LogP contribution < -0.4 is 0 Å². The molecular weight excluding hydrogens is 368 g/mol. The lowest BCUT2D eigenvalue weighted by Gasteiger charge is -2.15. The second kappa shape index (κ2) is 6.31. The van der Waals surface area contributed by atoms with E-state index in [-0.39, 0.29) is 0 Å². The Kier molecular flexibility index (Phi) is 3.88. The van der Waals surface area contributed by atoms with E-state index in [0.717, 1.165) is 40.8 Å². The largest absolute Gasteiger partial charge is 0.320 e. The first-order chi connectivity index (χ1) is 13.5. The van der Waals surface area contributed by atoms with Crippen molar-refractivity contribution in [3.63, 3.8) is 0 Å². The molecule has 0 fully saturated rings. The maximum Gasteiger partial charge on any atom is 0.175 e. The van der Waals surface area contributed by atoms with Crippen LogP contribution in [0.15, 0.2) is 77.7 Å². The highest BCUT2D eigenvalue weighted by molar-refractivity contribution is 7.90. The van der Waals surface area contributed by atoms with Gasteiger partial charge in [0.1, 0.15) is 5.82 Å². The first kappa shape index (κ1) is 17.2. The number of benzene rings is 3. The third-order valence-corrected chi connectivity index (χ3v) is 6.61. The molecule has 1 aliphatic rings. The van der Waals surface area contributed by atoms with E-state index in [0.29, 0.717) is 10.9 Å². The molecule has 4 aromatic rings. The first-order valence-electron chi connectivity index (χ1n) is 9.37. The highest BCUT2D eigenvalue weighted by Gasteiger charge is 2.27. The Morgan fingerprint density at radius 3 is 2.50 bits per heavy atom. The minimum atomic E-state index is -3.24. The molecule has 0 aliphatic carbocycles. The molecule has 0 amide bonds. The van der Waals surface area contributed by atoms with Crippen molar-refractivity contribution in [1.29, 1.82) is 0 Å². The molecule has 0 saturated heterocycles. The average Bonchev–Trinajstić information content (AvgIpc) is 3.27. The van der Waals surface area contributed by atoms with Crippen LogP contribution in [0.3, 0.4) is 0 Å². The zero-order valence-corrected chi connectivity index (χ0v) is 16.4. The molecular formula is C23H20N2O2S. The van der Waals surface area contributed by atoms with E-state index in [2.05, 4.69) is 34.9 Å². The lowest BCUT2D eigenvalue weighted by atomic mass is 10.0. The van der Waals surface area contributed by atoms with Crippen molar-refractivity contribution in [1.82, 2.24) is 9.55 Å². The van der Waals surface area contributed by atoms with Crippen LogP contribution in [0.5, 0.6) is 0 Å². The highest BCUT2D eigenvalue weighted by Crippen LogP contribution is 2.36. The molecule has 0 spiro atoms. The molecule has 0 radical (unpaired) electrons. The number of hydrogen-bond acceptors (Lipinski definition) is 3. The molecule has 5 heteroatoms. The normalized spacial score (nSPS) is 16.4. The Balaban J connectivity index is 1.65. The summed E-state index contributed by atoms with van der Waals surface area (Å²) in [6.45, 7) is 0. The molecule has 28 heavy (non-hydrogen) atoms. The fraction of sp³-hybridized carbons (Fsp3) is 0.174. The monoisotopic (exact) mass is 388 g/mol. The van der Waals surface area contributed by atoms with Gasteiger partial charge in [-0.25, -0.2) is 13.4 Å². The molecule has 0 saturated carbocycles. The zero-order chi connectivity index (χ0) is 19.3. The van der Waals surface area contributed by atoms with Gasteiger partial charge in [0.25, 0.3) is 0 Å². The molecule has 4 nitrogen and oxygen atoms in total. The van der Waals surface area contributed by atoms with Crippen molar-refractivity contribution in [2.75, 3.05) is 6.26 Å². The number of imidazole rings is 1. The van der Waals surface area contributed by atoms with Crippen LogP contribution >= 0.6 is 0 Å². The fourth-order valence-electron chi connectivity index (χ4n) is 4.14. The predicted octanol–water partition coefficient (Wildman–Crippen LogP) is 4.64. The summed E-state index contributed by atoms with van der Waals surface area (Å²) in [5, 5.41) is 0. The summed E-state index contributed by atoms with van der Waals surface area (Å²) in [5.41, 5.74) is 5.28. The van der Waals surface area contributed by atoms with Crippen LogP contribution in [0.1, 0.15) is 23.9 Å². The summed E-state index contributed by atoms with van der Waals surface area (Å²) in [5.74, 6) is 1.12. The number of sulfone groups is 1. The van der Waals surface area contributed by atoms with Crippen molar-refractivity contribution in [2.45, 2.75) is 23.8 Å². The summed E-state index contributed by atoms with van der Waals surface area (Å²) in [6, 6.07) is 24.1. The second-order valence-electron chi connectivity index (χ2n) is 7.37. The molecule has 1 atom stereocenters. The van der Waals surface area contributed by atoms with Gasteiger partial charge in [-0.05, 0) is 47.4 Å². The topological polar surface area (TPSA) is 52.0 Å². The minimum absolute atomic E-state index is 0.291. The number of nitrogens with zero attached hydrogens (tertiary/aromatic N) is 2. The van der Waals surface area contributed by atoms with E-state index in [1.807, 2.05) is 24.3 Å². The van der Waals surface area contributed by atoms with Crippen LogP contribution in [-0.4, -0.2) is 24.2 Å². The number of fused-ring (bicyclic) bond motifs is 3. The van der Waals surface area contributed by atoms with Gasteiger partial charge in [-0.15, -0.1) is 0 Å².